The average Bonchev–Trinajstić information content (AvgIpc) is 3.01. The van der Waals surface area contributed by atoms with Gasteiger partial charge in [0, 0.05) is 19.5 Å². The van der Waals surface area contributed by atoms with Crippen LogP contribution in [0.3, 0.4) is 0 Å². The van der Waals surface area contributed by atoms with E-state index in [-0.39, 0.29) is 23.8 Å². The Morgan fingerprint density at radius 1 is 0.767 bits per heavy atom. The van der Waals surface area contributed by atoms with Gasteiger partial charge in [-0.15, -0.1) is 0 Å². The van der Waals surface area contributed by atoms with Crippen LogP contribution in [0.15, 0.2) is 114 Å². The number of nitrogens with zero attached hydrogens (tertiary/aromatic N) is 2. The quantitative estimate of drug-likeness (QED) is 0.215. The Balaban J connectivity index is 1.78. The Morgan fingerprint density at radius 2 is 1.40 bits per heavy atom. The molecule has 0 fully saturated rings. The highest BCUT2D eigenvalue weighted by atomic mass is 32.2. The minimum absolute atomic E-state index is 0.0866. The monoisotopic (exact) mass is 597 g/mol. The van der Waals surface area contributed by atoms with E-state index < -0.39 is 28.5 Å². The van der Waals surface area contributed by atoms with Crippen molar-refractivity contribution in [2.24, 2.45) is 0 Å². The number of hydrogen-bond acceptors (Lipinski definition) is 4. The summed E-state index contributed by atoms with van der Waals surface area (Å²) >= 11 is 0. The van der Waals surface area contributed by atoms with Gasteiger partial charge in [0.05, 0.1) is 10.6 Å². The molecular formula is C35H39N3O4S. The molecule has 0 aliphatic heterocycles. The standard InChI is InChI=1S/C35H39N3O4S/c1-4-22-36-35(40)33(24-29-13-7-5-8-14-29)37(25-30-15-9-6-10-16-30)34(39)26-38(31-17-11-12-28(3)23-31)43(41,42)32-20-18-27(2)19-21-32/h5-21,23,33H,4,22,24-26H2,1-3H3,(H,36,40)/t33-/m0/s1. The predicted molar refractivity (Wildman–Crippen MR) is 171 cm³/mol. The van der Waals surface area contributed by atoms with Crippen molar-refractivity contribution in [3.63, 3.8) is 0 Å². The van der Waals surface area contributed by atoms with Crippen LogP contribution in [0.25, 0.3) is 0 Å². The number of carbonyl (C=O) groups excluding carboxylic acids is 2. The number of nitrogens with one attached hydrogen (secondary N) is 1. The third-order valence-corrected chi connectivity index (χ3v) is 8.98. The zero-order valence-corrected chi connectivity index (χ0v) is 25.8. The van der Waals surface area contributed by atoms with Gasteiger partial charge in [-0.2, -0.15) is 0 Å². The molecule has 0 aliphatic rings. The van der Waals surface area contributed by atoms with Crippen molar-refractivity contribution in [2.75, 3.05) is 17.4 Å². The molecule has 0 aliphatic carbocycles. The van der Waals surface area contributed by atoms with E-state index in [1.54, 1.807) is 42.5 Å². The molecular weight excluding hydrogens is 558 g/mol. The smallest absolute Gasteiger partial charge is 0.264 e. The first-order valence-electron chi connectivity index (χ1n) is 14.5. The highest BCUT2D eigenvalue weighted by Gasteiger charge is 2.34. The highest BCUT2D eigenvalue weighted by Crippen LogP contribution is 2.26. The average molecular weight is 598 g/mol. The summed E-state index contributed by atoms with van der Waals surface area (Å²) in [6, 6.07) is 31.8. The van der Waals surface area contributed by atoms with Crippen LogP contribution in [-0.2, 0) is 32.6 Å². The van der Waals surface area contributed by atoms with Crippen molar-refractivity contribution < 1.29 is 18.0 Å². The van der Waals surface area contributed by atoms with E-state index in [9.17, 15) is 18.0 Å². The first-order chi connectivity index (χ1) is 20.7. The lowest BCUT2D eigenvalue weighted by Gasteiger charge is -2.34. The van der Waals surface area contributed by atoms with Crippen LogP contribution in [0.5, 0.6) is 0 Å². The maximum absolute atomic E-state index is 14.4. The number of anilines is 1. The van der Waals surface area contributed by atoms with Crippen LogP contribution in [0.1, 0.15) is 35.6 Å². The SMILES string of the molecule is CCCNC(=O)[C@H](Cc1ccccc1)N(Cc1ccccc1)C(=O)CN(c1cccc(C)c1)S(=O)(=O)c1ccc(C)cc1. The fraction of sp³-hybridized carbons (Fsp3) is 0.257. The molecule has 0 bridgehead atoms. The van der Waals surface area contributed by atoms with Crippen molar-refractivity contribution in [1.29, 1.82) is 0 Å². The molecule has 0 radical (unpaired) electrons. The number of rotatable bonds is 13. The van der Waals surface area contributed by atoms with E-state index in [1.807, 2.05) is 87.5 Å². The van der Waals surface area contributed by atoms with Gasteiger partial charge in [0.25, 0.3) is 10.0 Å². The van der Waals surface area contributed by atoms with E-state index in [1.165, 1.54) is 4.90 Å². The lowest BCUT2D eigenvalue weighted by Crippen LogP contribution is -2.53. The van der Waals surface area contributed by atoms with E-state index in [0.717, 1.165) is 33.0 Å². The van der Waals surface area contributed by atoms with Gasteiger partial charge in [0.15, 0.2) is 0 Å². The molecule has 0 unspecified atom stereocenters. The largest absolute Gasteiger partial charge is 0.354 e. The zero-order chi connectivity index (χ0) is 30.8. The Morgan fingerprint density at radius 3 is 2.00 bits per heavy atom. The Kier molecular flexibility index (Phi) is 10.7. The van der Waals surface area contributed by atoms with E-state index in [2.05, 4.69) is 5.32 Å². The molecule has 2 amide bonds. The summed E-state index contributed by atoms with van der Waals surface area (Å²) in [5, 5.41) is 2.96. The number of aryl methyl sites for hydroxylation is 2. The van der Waals surface area contributed by atoms with Crippen molar-refractivity contribution >= 4 is 27.5 Å². The van der Waals surface area contributed by atoms with Crippen LogP contribution in [0.2, 0.25) is 0 Å². The zero-order valence-electron chi connectivity index (χ0n) is 24.9. The van der Waals surface area contributed by atoms with Crippen LogP contribution >= 0.6 is 0 Å². The second kappa shape index (κ2) is 14.6. The van der Waals surface area contributed by atoms with Gasteiger partial charge in [-0.05, 0) is 61.2 Å². The van der Waals surface area contributed by atoms with E-state index in [0.29, 0.717) is 12.2 Å². The molecule has 224 valence electrons. The molecule has 0 aromatic heterocycles. The fourth-order valence-electron chi connectivity index (χ4n) is 4.85. The van der Waals surface area contributed by atoms with Gasteiger partial charge < -0.3 is 10.2 Å². The van der Waals surface area contributed by atoms with Crippen molar-refractivity contribution in [2.45, 2.75) is 51.1 Å². The second-order valence-corrected chi connectivity index (χ2v) is 12.5. The maximum atomic E-state index is 14.4. The summed E-state index contributed by atoms with van der Waals surface area (Å²) in [6.45, 7) is 5.86. The minimum atomic E-state index is -4.12. The normalized spacial score (nSPS) is 11.9. The molecule has 0 saturated carbocycles. The van der Waals surface area contributed by atoms with Gasteiger partial charge in [0.2, 0.25) is 11.8 Å². The summed E-state index contributed by atoms with van der Waals surface area (Å²) in [7, 11) is -4.12. The van der Waals surface area contributed by atoms with Crippen molar-refractivity contribution in [1.82, 2.24) is 10.2 Å². The van der Waals surface area contributed by atoms with Crippen molar-refractivity contribution in [3.05, 3.63) is 131 Å². The molecule has 43 heavy (non-hydrogen) atoms. The third-order valence-electron chi connectivity index (χ3n) is 7.19. The number of sulfonamides is 1. The highest BCUT2D eigenvalue weighted by molar-refractivity contribution is 7.92. The van der Waals surface area contributed by atoms with E-state index in [4.69, 9.17) is 0 Å². The van der Waals surface area contributed by atoms with Gasteiger partial charge in [0.1, 0.15) is 12.6 Å². The Labute approximate surface area is 255 Å². The summed E-state index contributed by atoms with van der Waals surface area (Å²) in [5.74, 6) is -0.757. The lowest BCUT2D eigenvalue weighted by atomic mass is 10.0. The van der Waals surface area contributed by atoms with E-state index >= 15 is 0 Å². The summed E-state index contributed by atoms with van der Waals surface area (Å²) < 4.78 is 29.3. The van der Waals surface area contributed by atoms with Gasteiger partial charge in [-0.3, -0.25) is 13.9 Å². The Bertz CT molecular complexity index is 1610. The van der Waals surface area contributed by atoms with Crippen LogP contribution < -0.4 is 9.62 Å². The van der Waals surface area contributed by atoms with Crippen molar-refractivity contribution in [3.8, 4) is 0 Å². The molecule has 8 heteroatoms. The maximum Gasteiger partial charge on any atom is 0.264 e. The molecule has 4 aromatic carbocycles. The fourth-order valence-corrected chi connectivity index (χ4v) is 6.26. The van der Waals surface area contributed by atoms with Crippen LogP contribution in [0.4, 0.5) is 5.69 Å². The van der Waals surface area contributed by atoms with Gasteiger partial charge in [-0.1, -0.05) is 97.4 Å². The summed E-state index contributed by atoms with van der Waals surface area (Å²) in [5.41, 5.74) is 3.89. The number of benzene rings is 4. The second-order valence-electron chi connectivity index (χ2n) is 10.7. The first-order valence-corrected chi connectivity index (χ1v) is 15.9. The van der Waals surface area contributed by atoms with Crippen LogP contribution in [0, 0.1) is 13.8 Å². The Hall–Kier alpha value is -4.43. The molecule has 1 N–H and O–H groups in total. The number of carbonyl (C=O) groups is 2. The molecule has 4 rings (SSSR count). The molecule has 0 spiro atoms. The lowest BCUT2D eigenvalue weighted by molar-refractivity contribution is -0.140. The third kappa shape index (κ3) is 8.32. The number of hydrogen-bond donors (Lipinski definition) is 1. The molecule has 0 saturated heterocycles. The molecule has 1 atom stereocenters. The first kappa shape index (κ1) is 31.5. The van der Waals surface area contributed by atoms with Gasteiger partial charge in [-0.25, -0.2) is 8.42 Å². The van der Waals surface area contributed by atoms with Gasteiger partial charge >= 0.3 is 0 Å². The number of amides is 2. The minimum Gasteiger partial charge on any atom is -0.354 e. The summed E-state index contributed by atoms with van der Waals surface area (Å²) in [4.78, 5) is 29.7. The van der Waals surface area contributed by atoms with Crippen LogP contribution in [-0.4, -0.2) is 44.3 Å². The predicted octanol–water partition coefficient (Wildman–Crippen LogP) is 5.67. The molecule has 0 heterocycles. The topological polar surface area (TPSA) is 86.8 Å². The summed E-state index contributed by atoms with van der Waals surface area (Å²) in [6.07, 6.45) is 1.02. The molecule has 4 aromatic rings. The molecule has 7 nitrogen and oxygen atoms in total.